The Morgan fingerprint density at radius 3 is 2.37 bits per heavy atom. The Labute approximate surface area is 171 Å². The van der Waals surface area contributed by atoms with Crippen LogP contribution in [0.25, 0.3) is 10.8 Å². The number of hydrogen-bond acceptors (Lipinski definition) is 9. The summed E-state index contributed by atoms with van der Waals surface area (Å²) in [6.45, 7) is 2.66. The van der Waals surface area contributed by atoms with Gasteiger partial charge in [0, 0.05) is 18.6 Å². The highest BCUT2D eigenvalue weighted by atomic mass is 16.5. The summed E-state index contributed by atoms with van der Waals surface area (Å²) in [6, 6.07) is 2.80. The van der Waals surface area contributed by atoms with Crippen LogP contribution >= 0.6 is 0 Å². The highest BCUT2D eigenvalue weighted by Gasteiger charge is 2.45. The molecule has 0 fully saturated rings. The SMILES string of the molecule is COC(C(=O)C(O)C(C)O)C1Cc2cc3cc(O)c(C)c(O)c3c(O)c2C(=O)C1O. The maximum atomic E-state index is 12.9. The van der Waals surface area contributed by atoms with Crippen LogP contribution in [0.15, 0.2) is 12.1 Å². The number of Topliss-reactive ketones (excluding diaryl/α,β-unsaturated/α-hetero) is 2. The zero-order chi connectivity index (χ0) is 22.5. The number of carbonyl (C=O) groups excluding carboxylic acids is 2. The number of carbonyl (C=O) groups is 2. The van der Waals surface area contributed by atoms with Crippen molar-refractivity contribution in [2.45, 2.75) is 44.7 Å². The molecule has 0 saturated heterocycles. The van der Waals surface area contributed by atoms with Gasteiger partial charge in [0.05, 0.1) is 17.1 Å². The van der Waals surface area contributed by atoms with Crippen molar-refractivity contribution in [3.05, 3.63) is 28.8 Å². The second-order valence-electron chi connectivity index (χ2n) is 7.65. The smallest absolute Gasteiger partial charge is 0.195 e. The first-order chi connectivity index (χ1) is 14.0. The highest BCUT2D eigenvalue weighted by Crippen LogP contribution is 2.45. The Bertz CT molecular complexity index is 1030. The van der Waals surface area contributed by atoms with Crippen LogP contribution in [-0.4, -0.2) is 73.7 Å². The zero-order valence-electron chi connectivity index (χ0n) is 16.7. The first-order valence-electron chi connectivity index (χ1n) is 9.36. The molecule has 0 aliphatic heterocycles. The fraction of sp³-hybridized carbons (Fsp3) is 0.429. The van der Waals surface area contributed by atoms with Gasteiger partial charge in [-0.25, -0.2) is 0 Å². The van der Waals surface area contributed by atoms with E-state index in [2.05, 4.69) is 0 Å². The van der Waals surface area contributed by atoms with Crippen molar-refractivity contribution in [2.24, 2.45) is 5.92 Å². The number of phenols is 3. The van der Waals surface area contributed by atoms with Gasteiger partial charge in [0.15, 0.2) is 11.6 Å². The number of aromatic hydroxyl groups is 3. The van der Waals surface area contributed by atoms with Gasteiger partial charge in [0.1, 0.15) is 35.6 Å². The van der Waals surface area contributed by atoms with Crippen molar-refractivity contribution in [1.82, 2.24) is 0 Å². The van der Waals surface area contributed by atoms with Crippen LogP contribution in [-0.2, 0) is 16.0 Å². The number of aliphatic hydroxyl groups excluding tert-OH is 3. The Morgan fingerprint density at radius 2 is 1.80 bits per heavy atom. The first-order valence-corrected chi connectivity index (χ1v) is 9.36. The lowest BCUT2D eigenvalue weighted by atomic mass is 9.75. The monoisotopic (exact) mass is 420 g/mol. The number of methoxy groups -OCH3 is 1. The highest BCUT2D eigenvalue weighted by molar-refractivity contribution is 6.11. The molecular weight excluding hydrogens is 396 g/mol. The summed E-state index contributed by atoms with van der Waals surface area (Å²) in [5.41, 5.74) is 0.214. The van der Waals surface area contributed by atoms with Gasteiger partial charge in [0.25, 0.3) is 0 Å². The second-order valence-corrected chi connectivity index (χ2v) is 7.65. The number of rotatable bonds is 5. The van der Waals surface area contributed by atoms with E-state index in [1.54, 1.807) is 0 Å². The van der Waals surface area contributed by atoms with Gasteiger partial charge >= 0.3 is 0 Å². The summed E-state index contributed by atoms with van der Waals surface area (Å²) in [6.07, 6.45) is -6.32. The van der Waals surface area contributed by atoms with Gasteiger partial charge in [0.2, 0.25) is 0 Å². The molecule has 3 rings (SSSR count). The van der Waals surface area contributed by atoms with Crippen LogP contribution in [0.3, 0.4) is 0 Å². The number of ketones is 2. The molecule has 2 aromatic carbocycles. The summed E-state index contributed by atoms with van der Waals surface area (Å²) < 4.78 is 5.15. The standard InChI is InChI=1S/C21H24O9/c1-7-12(23)6-10-4-9-5-11(21(30-3)20(29)16(25)8(2)22)17(26)19(28)14(9)18(27)13(10)15(7)24/h4,6,8,11,16-17,21-27H,5H2,1-3H3. The minimum Gasteiger partial charge on any atom is -0.508 e. The third-order valence-corrected chi connectivity index (χ3v) is 5.73. The van der Waals surface area contributed by atoms with E-state index < -0.39 is 47.6 Å². The lowest BCUT2D eigenvalue weighted by Gasteiger charge is -2.34. The van der Waals surface area contributed by atoms with Crippen molar-refractivity contribution >= 4 is 22.3 Å². The van der Waals surface area contributed by atoms with E-state index in [1.165, 1.54) is 33.1 Å². The predicted molar refractivity (Wildman–Crippen MR) is 105 cm³/mol. The minimum absolute atomic E-state index is 0.0352. The van der Waals surface area contributed by atoms with Crippen LogP contribution in [0.5, 0.6) is 17.2 Å². The molecule has 9 nitrogen and oxygen atoms in total. The van der Waals surface area contributed by atoms with Crippen molar-refractivity contribution < 1.29 is 45.0 Å². The lowest BCUT2D eigenvalue weighted by molar-refractivity contribution is -0.148. The van der Waals surface area contributed by atoms with Gasteiger partial charge in [-0.2, -0.15) is 0 Å². The van der Waals surface area contributed by atoms with Crippen molar-refractivity contribution in [3.63, 3.8) is 0 Å². The maximum Gasteiger partial charge on any atom is 0.195 e. The quantitative estimate of drug-likeness (QED) is 0.399. The van der Waals surface area contributed by atoms with Crippen molar-refractivity contribution in [1.29, 1.82) is 0 Å². The second kappa shape index (κ2) is 7.84. The fourth-order valence-corrected chi connectivity index (χ4v) is 4.00. The number of phenolic OH excluding ortho intramolecular Hbond substituents is 3. The average molecular weight is 420 g/mol. The summed E-state index contributed by atoms with van der Waals surface area (Å²) in [7, 11) is 1.18. The van der Waals surface area contributed by atoms with E-state index in [0.717, 1.165) is 0 Å². The number of fused-ring (bicyclic) bond motifs is 2. The van der Waals surface area contributed by atoms with Crippen LogP contribution in [0, 0.1) is 12.8 Å². The Balaban J connectivity index is 2.14. The Hall–Kier alpha value is -2.72. The molecule has 1 aliphatic rings. The topological polar surface area (TPSA) is 165 Å². The summed E-state index contributed by atoms with van der Waals surface area (Å²) in [5, 5.41) is 61.2. The van der Waals surface area contributed by atoms with Crippen LogP contribution in [0.4, 0.5) is 0 Å². The normalized spacial score (nSPS) is 21.9. The molecule has 162 valence electrons. The zero-order valence-corrected chi connectivity index (χ0v) is 16.7. The number of ether oxygens (including phenoxy) is 1. The minimum atomic E-state index is -1.76. The van der Waals surface area contributed by atoms with Gasteiger partial charge in [-0.05, 0) is 43.4 Å². The lowest BCUT2D eigenvalue weighted by Crippen LogP contribution is -2.50. The van der Waals surface area contributed by atoms with E-state index in [0.29, 0.717) is 0 Å². The molecule has 5 unspecified atom stereocenters. The van der Waals surface area contributed by atoms with E-state index in [1.807, 2.05) is 0 Å². The predicted octanol–water partition coefficient (Wildman–Crippen LogP) is 0.307. The molecule has 2 aromatic rings. The average Bonchev–Trinajstić information content (AvgIpc) is 2.69. The largest absolute Gasteiger partial charge is 0.508 e. The summed E-state index contributed by atoms with van der Waals surface area (Å²) in [5.74, 6) is -3.96. The number of aliphatic hydroxyl groups is 3. The third-order valence-electron chi connectivity index (χ3n) is 5.73. The molecular formula is C21H24O9. The molecule has 0 radical (unpaired) electrons. The third kappa shape index (κ3) is 3.29. The van der Waals surface area contributed by atoms with Crippen LogP contribution in [0.2, 0.25) is 0 Å². The summed E-state index contributed by atoms with van der Waals surface area (Å²) >= 11 is 0. The van der Waals surface area contributed by atoms with E-state index >= 15 is 0 Å². The van der Waals surface area contributed by atoms with E-state index in [-0.39, 0.29) is 45.4 Å². The molecule has 0 aromatic heterocycles. The molecule has 0 amide bonds. The molecule has 6 N–H and O–H groups in total. The van der Waals surface area contributed by atoms with Gasteiger partial charge in [-0.3, -0.25) is 9.59 Å². The number of hydrogen-bond donors (Lipinski definition) is 6. The molecule has 0 heterocycles. The molecule has 1 aliphatic carbocycles. The van der Waals surface area contributed by atoms with Gasteiger partial charge in [-0.15, -0.1) is 0 Å². The Kier molecular flexibility index (Phi) is 5.74. The molecule has 9 heteroatoms. The molecule has 30 heavy (non-hydrogen) atoms. The van der Waals surface area contributed by atoms with E-state index in [4.69, 9.17) is 4.74 Å². The van der Waals surface area contributed by atoms with Crippen LogP contribution in [0.1, 0.15) is 28.4 Å². The fourth-order valence-electron chi connectivity index (χ4n) is 4.00. The van der Waals surface area contributed by atoms with Crippen molar-refractivity contribution in [3.8, 4) is 17.2 Å². The van der Waals surface area contributed by atoms with Crippen molar-refractivity contribution in [2.75, 3.05) is 7.11 Å². The molecule has 0 bridgehead atoms. The number of benzene rings is 2. The van der Waals surface area contributed by atoms with E-state index in [9.17, 15) is 40.2 Å². The van der Waals surface area contributed by atoms with Crippen LogP contribution < -0.4 is 0 Å². The molecule has 5 atom stereocenters. The Morgan fingerprint density at radius 1 is 1.17 bits per heavy atom. The van der Waals surface area contributed by atoms with Gasteiger partial charge < -0.3 is 35.4 Å². The van der Waals surface area contributed by atoms with Gasteiger partial charge in [-0.1, -0.05) is 0 Å². The first kappa shape index (κ1) is 22.0. The maximum absolute atomic E-state index is 12.9. The summed E-state index contributed by atoms with van der Waals surface area (Å²) in [4.78, 5) is 25.4. The molecule has 0 spiro atoms. The molecule has 0 saturated carbocycles.